The van der Waals surface area contributed by atoms with Gasteiger partial charge in [0.2, 0.25) is 0 Å². The van der Waals surface area contributed by atoms with E-state index in [1.807, 2.05) is 48.5 Å². The molecule has 0 saturated heterocycles. The van der Waals surface area contributed by atoms with Crippen molar-refractivity contribution >= 4 is 61.4 Å². The van der Waals surface area contributed by atoms with Crippen LogP contribution in [0.3, 0.4) is 0 Å². The molecule has 23 heavy (non-hydrogen) atoms. The highest BCUT2D eigenvalue weighted by molar-refractivity contribution is 9.10. The van der Waals surface area contributed by atoms with Crippen molar-refractivity contribution < 1.29 is 4.79 Å². The zero-order chi connectivity index (χ0) is 16.1. The molecular weight excluding hydrogens is 394 g/mol. The van der Waals surface area contributed by atoms with E-state index in [1.165, 1.54) is 11.8 Å². The van der Waals surface area contributed by atoms with Gasteiger partial charge >= 0.3 is 0 Å². The van der Waals surface area contributed by atoms with Crippen molar-refractivity contribution in [3.8, 4) is 0 Å². The molecule has 0 radical (unpaired) electrons. The highest BCUT2D eigenvalue weighted by Crippen LogP contribution is 2.28. The van der Waals surface area contributed by atoms with Gasteiger partial charge in [-0.3, -0.25) is 4.79 Å². The van der Waals surface area contributed by atoms with Gasteiger partial charge in [-0.25, -0.2) is 10.4 Å². The Kier molecular flexibility index (Phi) is 5.43. The molecule has 1 N–H and O–H groups in total. The Morgan fingerprint density at radius 3 is 2.87 bits per heavy atom. The van der Waals surface area contributed by atoms with Crippen LogP contribution in [0.5, 0.6) is 0 Å². The topological polar surface area (TPSA) is 54.4 Å². The van der Waals surface area contributed by atoms with Crippen LogP contribution in [0.15, 0.2) is 62.4 Å². The van der Waals surface area contributed by atoms with Gasteiger partial charge in [-0.05, 0) is 18.2 Å². The summed E-state index contributed by atoms with van der Waals surface area (Å²) in [4.78, 5) is 16.3. The fourth-order valence-electron chi connectivity index (χ4n) is 1.83. The second-order valence-electron chi connectivity index (χ2n) is 4.55. The highest BCUT2D eigenvalue weighted by atomic mass is 79.9. The van der Waals surface area contributed by atoms with Crippen LogP contribution >= 0.6 is 39.0 Å². The SMILES string of the molecule is O=C(CSc1nc2ccccc2s1)N/N=C\c1ccccc1Br. The second kappa shape index (κ2) is 7.72. The molecule has 0 aliphatic rings. The summed E-state index contributed by atoms with van der Waals surface area (Å²) in [6, 6.07) is 15.6. The molecule has 0 saturated carbocycles. The molecule has 0 unspecified atom stereocenters. The van der Waals surface area contributed by atoms with Crippen molar-refractivity contribution in [2.75, 3.05) is 5.75 Å². The van der Waals surface area contributed by atoms with Gasteiger partial charge in [0, 0.05) is 10.0 Å². The van der Waals surface area contributed by atoms with Gasteiger partial charge in [-0.2, -0.15) is 5.10 Å². The van der Waals surface area contributed by atoms with Crippen molar-refractivity contribution in [3.63, 3.8) is 0 Å². The number of aromatic nitrogens is 1. The quantitative estimate of drug-likeness (QED) is 0.391. The van der Waals surface area contributed by atoms with E-state index in [-0.39, 0.29) is 11.7 Å². The van der Waals surface area contributed by atoms with Crippen LogP contribution in [0.4, 0.5) is 0 Å². The number of amides is 1. The molecule has 7 heteroatoms. The largest absolute Gasteiger partial charge is 0.272 e. The van der Waals surface area contributed by atoms with Crippen molar-refractivity contribution in [2.24, 2.45) is 5.10 Å². The van der Waals surface area contributed by atoms with Crippen molar-refractivity contribution in [1.29, 1.82) is 0 Å². The Labute approximate surface area is 150 Å². The summed E-state index contributed by atoms with van der Waals surface area (Å²) < 4.78 is 2.94. The Bertz CT molecular complexity index is 830. The number of para-hydroxylation sites is 1. The summed E-state index contributed by atoms with van der Waals surface area (Å²) in [6.45, 7) is 0. The minimum absolute atomic E-state index is 0.155. The van der Waals surface area contributed by atoms with Crippen LogP contribution in [0.1, 0.15) is 5.56 Å². The molecule has 0 aliphatic heterocycles. The predicted molar refractivity (Wildman–Crippen MR) is 100 cm³/mol. The maximum Gasteiger partial charge on any atom is 0.250 e. The van der Waals surface area contributed by atoms with Gasteiger partial charge < -0.3 is 0 Å². The summed E-state index contributed by atoms with van der Waals surface area (Å²) >= 11 is 6.43. The van der Waals surface area contributed by atoms with Crippen LogP contribution in [0.25, 0.3) is 10.2 Å². The average Bonchev–Trinajstić information content (AvgIpc) is 2.98. The number of nitrogens with one attached hydrogen (secondary N) is 1. The minimum atomic E-state index is -0.155. The molecular formula is C16H12BrN3OS2. The van der Waals surface area contributed by atoms with Crippen LogP contribution in [-0.2, 0) is 4.79 Å². The lowest BCUT2D eigenvalue weighted by Gasteiger charge is -1.99. The van der Waals surface area contributed by atoms with Crippen LogP contribution in [0, 0.1) is 0 Å². The first-order chi connectivity index (χ1) is 11.2. The summed E-state index contributed by atoms with van der Waals surface area (Å²) in [7, 11) is 0. The first-order valence-electron chi connectivity index (χ1n) is 6.77. The number of carbonyl (C=O) groups is 1. The number of halogens is 1. The average molecular weight is 406 g/mol. The number of benzene rings is 2. The lowest BCUT2D eigenvalue weighted by Crippen LogP contribution is -2.19. The zero-order valence-corrected chi connectivity index (χ0v) is 15.1. The molecule has 0 fully saturated rings. The molecule has 4 nitrogen and oxygen atoms in total. The number of thiazole rings is 1. The van der Waals surface area contributed by atoms with Gasteiger partial charge in [0.05, 0.1) is 22.2 Å². The van der Waals surface area contributed by atoms with E-state index in [1.54, 1.807) is 17.6 Å². The summed E-state index contributed by atoms with van der Waals surface area (Å²) in [5.41, 5.74) is 4.40. The number of hydrogen-bond donors (Lipinski definition) is 1. The van der Waals surface area contributed by atoms with Crippen LogP contribution in [-0.4, -0.2) is 22.9 Å². The Morgan fingerprint density at radius 1 is 1.26 bits per heavy atom. The predicted octanol–water partition coefficient (Wildman–Crippen LogP) is 4.30. The van der Waals surface area contributed by atoms with E-state index in [2.05, 4.69) is 31.4 Å². The molecule has 116 valence electrons. The Hall–Kier alpha value is -1.70. The summed E-state index contributed by atoms with van der Waals surface area (Å²) in [5.74, 6) is 0.130. The molecule has 0 atom stereocenters. The normalized spacial score (nSPS) is 11.2. The van der Waals surface area contributed by atoms with Crippen molar-refractivity contribution in [1.82, 2.24) is 10.4 Å². The number of rotatable bonds is 5. The van der Waals surface area contributed by atoms with Crippen LogP contribution < -0.4 is 5.43 Å². The molecule has 1 aromatic heterocycles. The van der Waals surface area contributed by atoms with Crippen molar-refractivity contribution in [3.05, 3.63) is 58.6 Å². The second-order valence-corrected chi connectivity index (χ2v) is 7.66. The number of carbonyl (C=O) groups excluding carboxylic acids is 1. The molecule has 0 aliphatic carbocycles. The third kappa shape index (κ3) is 4.40. The monoisotopic (exact) mass is 405 g/mol. The van der Waals surface area contributed by atoms with E-state index in [4.69, 9.17) is 0 Å². The van der Waals surface area contributed by atoms with E-state index >= 15 is 0 Å². The van der Waals surface area contributed by atoms with E-state index < -0.39 is 0 Å². The van der Waals surface area contributed by atoms with Gasteiger partial charge in [-0.15, -0.1) is 11.3 Å². The molecule has 3 aromatic rings. The Morgan fingerprint density at radius 2 is 2.04 bits per heavy atom. The van der Waals surface area contributed by atoms with Gasteiger partial charge in [-0.1, -0.05) is 58.0 Å². The molecule has 1 amide bonds. The van der Waals surface area contributed by atoms with E-state index in [0.29, 0.717) is 0 Å². The van der Waals surface area contributed by atoms with Crippen molar-refractivity contribution in [2.45, 2.75) is 4.34 Å². The lowest BCUT2D eigenvalue weighted by atomic mass is 10.2. The minimum Gasteiger partial charge on any atom is -0.272 e. The van der Waals surface area contributed by atoms with Gasteiger partial charge in [0.15, 0.2) is 4.34 Å². The maximum atomic E-state index is 11.8. The molecule has 3 rings (SSSR count). The number of nitrogens with zero attached hydrogens (tertiary/aromatic N) is 2. The molecule has 1 heterocycles. The Balaban J connectivity index is 1.52. The number of thioether (sulfide) groups is 1. The van der Waals surface area contributed by atoms with Gasteiger partial charge in [0.25, 0.3) is 5.91 Å². The highest BCUT2D eigenvalue weighted by Gasteiger charge is 2.06. The standard InChI is InChI=1S/C16H12BrN3OS2/c17-12-6-2-1-5-11(12)9-18-20-15(21)10-22-16-19-13-7-3-4-8-14(13)23-16/h1-9H,10H2,(H,20,21)/b18-9-. The van der Waals surface area contributed by atoms with Gasteiger partial charge in [0.1, 0.15) is 0 Å². The third-order valence-electron chi connectivity index (χ3n) is 2.90. The third-order valence-corrected chi connectivity index (χ3v) is 5.80. The maximum absolute atomic E-state index is 11.8. The number of fused-ring (bicyclic) bond motifs is 1. The van der Waals surface area contributed by atoms with Crippen LogP contribution in [0.2, 0.25) is 0 Å². The number of hydrogen-bond acceptors (Lipinski definition) is 5. The summed E-state index contributed by atoms with van der Waals surface area (Å²) in [6.07, 6.45) is 1.62. The molecule has 2 aromatic carbocycles. The molecule has 0 spiro atoms. The summed E-state index contributed by atoms with van der Waals surface area (Å²) in [5, 5.41) is 3.97. The van der Waals surface area contributed by atoms with E-state index in [0.717, 1.165) is 24.6 Å². The smallest absolute Gasteiger partial charge is 0.250 e. The lowest BCUT2D eigenvalue weighted by molar-refractivity contribution is -0.118. The zero-order valence-electron chi connectivity index (χ0n) is 11.9. The first-order valence-corrected chi connectivity index (χ1v) is 9.37. The first kappa shape index (κ1) is 16.2. The molecule has 0 bridgehead atoms. The van der Waals surface area contributed by atoms with E-state index in [9.17, 15) is 4.79 Å². The fraction of sp³-hybridized carbons (Fsp3) is 0.0625. The fourth-order valence-corrected chi connectivity index (χ4v) is 4.07. The number of hydrazone groups is 1.